The van der Waals surface area contributed by atoms with Gasteiger partial charge in [0.2, 0.25) is 0 Å². The SMILES string of the molecule is CN=C(NCc1cccc(COC)c1)N(C)Cc1ccccc1OC.I. The Labute approximate surface area is 173 Å². The molecular formula is C20H28IN3O2. The summed E-state index contributed by atoms with van der Waals surface area (Å²) in [7, 11) is 7.21. The monoisotopic (exact) mass is 469 g/mol. The van der Waals surface area contributed by atoms with Gasteiger partial charge >= 0.3 is 0 Å². The fourth-order valence-electron chi connectivity index (χ4n) is 2.73. The van der Waals surface area contributed by atoms with Crippen molar-refractivity contribution >= 4 is 29.9 Å². The van der Waals surface area contributed by atoms with E-state index < -0.39 is 0 Å². The van der Waals surface area contributed by atoms with Crippen LogP contribution in [0.15, 0.2) is 53.5 Å². The minimum Gasteiger partial charge on any atom is -0.496 e. The number of hydrogen-bond donors (Lipinski definition) is 1. The third kappa shape index (κ3) is 6.49. The fraction of sp³-hybridized carbons (Fsp3) is 0.350. The van der Waals surface area contributed by atoms with Crippen molar-refractivity contribution in [1.82, 2.24) is 10.2 Å². The molecule has 0 saturated heterocycles. The number of benzene rings is 2. The molecule has 2 aromatic rings. The molecule has 0 aromatic heterocycles. The number of nitrogens with one attached hydrogen (secondary N) is 1. The minimum atomic E-state index is 0. The Bertz CT molecular complexity index is 707. The van der Waals surface area contributed by atoms with Crippen molar-refractivity contribution in [3.8, 4) is 5.75 Å². The topological polar surface area (TPSA) is 46.1 Å². The van der Waals surface area contributed by atoms with Crippen LogP contribution in [0.4, 0.5) is 0 Å². The number of halogens is 1. The Kier molecular flexibility index (Phi) is 10.0. The lowest BCUT2D eigenvalue weighted by atomic mass is 10.1. The average molecular weight is 469 g/mol. The van der Waals surface area contributed by atoms with Crippen molar-refractivity contribution < 1.29 is 9.47 Å². The second-order valence-corrected chi connectivity index (χ2v) is 5.82. The highest BCUT2D eigenvalue weighted by Gasteiger charge is 2.09. The number of methoxy groups -OCH3 is 2. The maximum absolute atomic E-state index is 5.43. The normalized spacial score (nSPS) is 10.8. The molecule has 0 fully saturated rings. The van der Waals surface area contributed by atoms with Crippen LogP contribution in [-0.4, -0.2) is 39.2 Å². The molecule has 0 aliphatic carbocycles. The van der Waals surface area contributed by atoms with Gasteiger partial charge in [-0.2, -0.15) is 0 Å². The average Bonchev–Trinajstić information content (AvgIpc) is 2.63. The first-order chi connectivity index (χ1) is 12.2. The van der Waals surface area contributed by atoms with E-state index in [1.807, 2.05) is 31.3 Å². The molecule has 0 bridgehead atoms. The molecule has 0 amide bonds. The number of aliphatic imine (C=N–C) groups is 1. The second kappa shape index (κ2) is 11.7. The zero-order valence-corrected chi connectivity index (χ0v) is 18.2. The van der Waals surface area contributed by atoms with Crippen LogP contribution in [-0.2, 0) is 24.4 Å². The highest BCUT2D eigenvalue weighted by atomic mass is 127. The van der Waals surface area contributed by atoms with Crippen molar-refractivity contribution in [2.45, 2.75) is 19.7 Å². The first-order valence-corrected chi connectivity index (χ1v) is 8.28. The van der Waals surface area contributed by atoms with Gasteiger partial charge in [0.25, 0.3) is 0 Å². The van der Waals surface area contributed by atoms with Gasteiger partial charge in [-0.1, -0.05) is 42.5 Å². The lowest BCUT2D eigenvalue weighted by Crippen LogP contribution is -2.38. The molecule has 6 heteroatoms. The lowest BCUT2D eigenvalue weighted by molar-refractivity contribution is 0.185. The Morgan fingerprint density at radius 1 is 1.08 bits per heavy atom. The van der Waals surface area contributed by atoms with Crippen molar-refractivity contribution in [3.05, 3.63) is 65.2 Å². The van der Waals surface area contributed by atoms with Gasteiger partial charge in [-0.25, -0.2) is 0 Å². The third-order valence-corrected chi connectivity index (χ3v) is 3.93. The van der Waals surface area contributed by atoms with Gasteiger partial charge in [0.15, 0.2) is 5.96 Å². The Hall–Kier alpha value is -1.80. The summed E-state index contributed by atoms with van der Waals surface area (Å²) in [5, 5.41) is 3.41. The molecule has 0 heterocycles. The van der Waals surface area contributed by atoms with Crippen LogP contribution >= 0.6 is 24.0 Å². The number of ether oxygens (including phenoxy) is 2. The standard InChI is InChI=1S/C20H27N3O2.HI/c1-21-20(22-13-16-8-7-9-17(12-16)15-24-3)23(2)14-18-10-5-6-11-19(18)25-4;/h5-12H,13-15H2,1-4H3,(H,21,22);1H. The molecule has 0 saturated carbocycles. The third-order valence-electron chi connectivity index (χ3n) is 3.93. The van der Waals surface area contributed by atoms with Crippen molar-refractivity contribution in [1.29, 1.82) is 0 Å². The molecule has 142 valence electrons. The van der Waals surface area contributed by atoms with Crippen LogP contribution in [0.2, 0.25) is 0 Å². The predicted molar refractivity (Wildman–Crippen MR) is 117 cm³/mol. The van der Waals surface area contributed by atoms with Crippen LogP contribution in [0.5, 0.6) is 5.75 Å². The second-order valence-electron chi connectivity index (χ2n) is 5.82. The van der Waals surface area contributed by atoms with Gasteiger partial charge in [-0.3, -0.25) is 4.99 Å². The molecule has 0 unspecified atom stereocenters. The smallest absolute Gasteiger partial charge is 0.193 e. The van der Waals surface area contributed by atoms with Crippen LogP contribution in [0, 0.1) is 0 Å². The van der Waals surface area contributed by atoms with Crippen LogP contribution in [0.3, 0.4) is 0 Å². The highest BCUT2D eigenvalue weighted by molar-refractivity contribution is 14.0. The molecule has 2 aromatic carbocycles. The highest BCUT2D eigenvalue weighted by Crippen LogP contribution is 2.18. The van der Waals surface area contributed by atoms with E-state index >= 15 is 0 Å². The van der Waals surface area contributed by atoms with Gasteiger partial charge < -0.3 is 19.7 Å². The summed E-state index contributed by atoms with van der Waals surface area (Å²) < 4.78 is 10.6. The summed E-state index contributed by atoms with van der Waals surface area (Å²) in [4.78, 5) is 6.46. The van der Waals surface area contributed by atoms with Gasteiger partial charge in [0, 0.05) is 39.9 Å². The molecule has 0 radical (unpaired) electrons. The van der Waals surface area contributed by atoms with E-state index in [-0.39, 0.29) is 24.0 Å². The minimum absolute atomic E-state index is 0. The zero-order valence-electron chi connectivity index (χ0n) is 15.9. The van der Waals surface area contributed by atoms with Crippen LogP contribution in [0.25, 0.3) is 0 Å². The number of hydrogen-bond acceptors (Lipinski definition) is 3. The summed E-state index contributed by atoms with van der Waals surface area (Å²) in [5.41, 5.74) is 3.48. The van der Waals surface area contributed by atoms with Crippen molar-refractivity contribution in [2.75, 3.05) is 28.3 Å². The Morgan fingerprint density at radius 2 is 1.81 bits per heavy atom. The summed E-state index contributed by atoms with van der Waals surface area (Å²) in [5.74, 6) is 1.72. The first-order valence-electron chi connectivity index (χ1n) is 8.28. The van der Waals surface area contributed by atoms with E-state index in [4.69, 9.17) is 9.47 Å². The maximum atomic E-state index is 5.43. The quantitative estimate of drug-likeness (QED) is 0.382. The number of guanidine groups is 1. The summed E-state index contributed by atoms with van der Waals surface area (Å²) in [6.07, 6.45) is 0. The predicted octanol–water partition coefficient (Wildman–Crippen LogP) is 3.67. The number of nitrogens with zero attached hydrogens (tertiary/aromatic N) is 2. The molecule has 5 nitrogen and oxygen atoms in total. The van der Waals surface area contributed by atoms with E-state index in [2.05, 4.69) is 39.5 Å². The molecule has 26 heavy (non-hydrogen) atoms. The lowest BCUT2D eigenvalue weighted by Gasteiger charge is -2.23. The molecule has 0 aliphatic rings. The number of para-hydroxylation sites is 1. The molecule has 0 atom stereocenters. The van der Waals surface area contributed by atoms with E-state index in [0.29, 0.717) is 19.7 Å². The van der Waals surface area contributed by atoms with Gasteiger partial charge in [-0.05, 0) is 17.2 Å². The maximum Gasteiger partial charge on any atom is 0.193 e. The number of rotatable bonds is 7. The Morgan fingerprint density at radius 3 is 2.50 bits per heavy atom. The summed E-state index contributed by atoms with van der Waals surface area (Å²) in [6, 6.07) is 16.4. The first kappa shape index (κ1) is 22.2. The van der Waals surface area contributed by atoms with Gasteiger partial charge in [-0.15, -0.1) is 24.0 Å². The Balaban J connectivity index is 0.00000338. The van der Waals surface area contributed by atoms with E-state index in [0.717, 1.165) is 17.3 Å². The largest absolute Gasteiger partial charge is 0.496 e. The van der Waals surface area contributed by atoms with Crippen LogP contribution in [0.1, 0.15) is 16.7 Å². The van der Waals surface area contributed by atoms with Gasteiger partial charge in [0.05, 0.1) is 13.7 Å². The summed E-state index contributed by atoms with van der Waals surface area (Å²) in [6.45, 7) is 2.05. The van der Waals surface area contributed by atoms with Gasteiger partial charge in [0.1, 0.15) is 5.75 Å². The fourth-order valence-corrected chi connectivity index (χ4v) is 2.73. The summed E-state index contributed by atoms with van der Waals surface area (Å²) >= 11 is 0. The zero-order chi connectivity index (χ0) is 18.1. The van der Waals surface area contributed by atoms with Crippen LogP contribution < -0.4 is 10.1 Å². The van der Waals surface area contributed by atoms with E-state index in [1.54, 1.807) is 21.3 Å². The molecular weight excluding hydrogens is 441 g/mol. The molecule has 2 rings (SSSR count). The van der Waals surface area contributed by atoms with E-state index in [1.165, 1.54) is 11.1 Å². The van der Waals surface area contributed by atoms with Crippen molar-refractivity contribution in [2.24, 2.45) is 4.99 Å². The van der Waals surface area contributed by atoms with E-state index in [9.17, 15) is 0 Å². The molecule has 1 N–H and O–H groups in total. The van der Waals surface area contributed by atoms with Crippen molar-refractivity contribution in [3.63, 3.8) is 0 Å². The molecule has 0 spiro atoms. The molecule has 0 aliphatic heterocycles.